The summed E-state index contributed by atoms with van der Waals surface area (Å²) in [6.07, 6.45) is -0.204. The van der Waals surface area contributed by atoms with Crippen molar-refractivity contribution in [3.05, 3.63) is 65.7 Å². The van der Waals surface area contributed by atoms with Crippen LogP contribution in [-0.2, 0) is 16.1 Å². The summed E-state index contributed by atoms with van der Waals surface area (Å²) in [5.41, 5.74) is 0.532. The zero-order chi connectivity index (χ0) is 20.4. The number of aliphatic hydroxyl groups is 1. The van der Waals surface area contributed by atoms with E-state index in [1.165, 1.54) is 4.90 Å². The van der Waals surface area contributed by atoms with Gasteiger partial charge in [0.05, 0.1) is 19.8 Å². The van der Waals surface area contributed by atoms with E-state index in [0.29, 0.717) is 19.5 Å². The van der Waals surface area contributed by atoms with Gasteiger partial charge < -0.3 is 19.5 Å². The van der Waals surface area contributed by atoms with Gasteiger partial charge in [-0.25, -0.2) is 4.79 Å². The Morgan fingerprint density at radius 2 is 1.86 bits per heavy atom. The summed E-state index contributed by atoms with van der Waals surface area (Å²) in [6, 6.07) is 16.6. The summed E-state index contributed by atoms with van der Waals surface area (Å²) in [4.78, 5) is 29.1. The maximum Gasteiger partial charge on any atom is 0.411 e. The van der Waals surface area contributed by atoms with Gasteiger partial charge in [0.2, 0.25) is 0 Å². The van der Waals surface area contributed by atoms with E-state index in [2.05, 4.69) is 0 Å². The van der Waals surface area contributed by atoms with E-state index in [0.717, 1.165) is 16.9 Å². The summed E-state index contributed by atoms with van der Waals surface area (Å²) >= 11 is 0. The highest BCUT2D eigenvalue weighted by atomic mass is 16.6. The fourth-order valence-corrected chi connectivity index (χ4v) is 4.19. The molecule has 2 amide bonds. The number of likely N-dealkylation sites (tertiary alicyclic amines) is 1. The molecule has 0 bridgehead atoms. The standard InChI is InChI=1S/C22H24N2O5/c1-28-18-9-7-16(8-10-18)13-23-12-11-22(15-25,20(23)26)24-19(14-29-21(24)27)17-5-3-2-4-6-17/h2-10,19,25H,11-15H2,1H3/t19-,22-/m1/s1. The number of aliphatic hydroxyl groups excluding tert-OH is 1. The van der Waals surface area contributed by atoms with Crippen LogP contribution in [0.3, 0.4) is 0 Å². The van der Waals surface area contributed by atoms with E-state index < -0.39 is 24.3 Å². The third-order valence-corrected chi connectivity index (χ3v) is 5.79. The molecule has 7 heteroatoms. The molecule has 0 spiro atoms. The van der Waals surface area contributed by atoms with E-state index in [-0.39, 0.29) is 12.5 Å². The van der Waals surface area contributed by atoms with Crippen LogP contribution in [0, 0.1) is 0 Å². The van der Waals surface area contributed by atoms with Crippen molar-refractivity contribution in [1.29, 1.82) is 0 Å². The van der Waals surface area contributed by atoms with Crippen molar-refractivity contribution in [2.45, 2.75) is 24.5 Å². The number of methoxy groups -OCH3 is 1. The van der Waals surface area contributed by atoms with E-state index in [1.54, 1.807) is 12.0 Å². The Morgan fingerprint density at radius 3 is 2.52 bits per heavy atom. The van der Waals surface area contributed by atoms with E-state index in [9.17, 15) is 14.7 Å². The van der Waals surface area contributed by atoms with Gasteiger partial charge in [-0.3, -0.25) is 9.69 Å². The van der Waals surface area contributed by atoms with Gasteiger partial charge in [-0.15, -0.1) is 0 Å². The van der Waals surface area contributed by atoms with Crippen LogP contribution in [0.1, 0.15) is 23.6 Å². The number of amides is 2. The van der Waals surface area contributed by atoms with Crippen molar-refractivity contribution >= 4 is 12.0 Å². The minimum Gasteiger partial charge on any atom is -0.497 e. The molecule has 2 aromatic carbocycles. The number of rotatable bonds is 6. The highest BCUT2D eigenvalue weighted by Gasteiger charge is 2.57. The molecule has 2 aliphatic rings. The number of nitrogens with zero attached hydrogens (tertiary/aromatic N) is 2. The van der Waals surface area contributed by atoms with Crippen molar-refractivity contribution in [2.24, 2.45) is 0 Å². The predicted molar refractivity (Wildman–Crippen MR) is 105 cm³/mol. The smallest absolute Gasteiger partial charge is 0.411 e. The van der Waals surface area contributed by atoms with Crippen molar-refractivity contribution in [3.8, 4) is 5.75 Å². The van der Waals surface area contributed by atoms with E-state index in [1.807, 2.05) is 54.6 Å². The molecule has 2 atom stereocenters. The van der Waals surface area contributed by atoms with Crippen molar-refractivity contribution in [3.63, 3.8) is 0 Å². The van der Waals surface area contributed by atoms with Crippen LogP contribution < -0.4 is 4.74 Å². The Hall–Kier alpha value is -3.06. The van der Waals surface area contributed by atoms with Crippen LogP contribution >= 0.6 is 0 Å². The van der Waals surface area contributed by atoms with Gasteiger partial charge >= 0.3 is 6.09 Å². The SMILES string of the molecule is COc1ccc(CN2CC[C@](CO)(N3C(=O)OC[C@@H]3c3ccccc3)C2=O)cc1. The molecular formula is C22H24N2O5. The summed E-state index contributed by atoms with van der Waals surface area (Å²) in [6.45, 7) is 0.583. The predicted octanol–water partition coefficient (Wildman–Crippen LogP) is 2.35. The van der Waals surface area contributed by atoms with Crippen LogP contribution in [-0.4, -0.2) is 59.3 Å². The monoisotopic (exact) mass is 396 g/mol. The zero-order valence-electron chi connectivity index (χ0n) is 16.3. The molecule has 1 N–H and O–H groups in total. The number of carbonyl (C=O) groups is 2. The lowest BCUT2D eigenvalue weighted by Crippen LogP contribution is -2.58. The molecule has 29 heavy (non-hydrogen) atoms. The fraction of sp³-hybridized carbons (Fsp3) is 0.364. The minimum absolute atomic E-state index is 0.163. The molecule has 2 saturated heterocycles. The molecule has 0 aromatic heterocycles. The van der Waals surface area contributed by atoms with Gasteiger partial charge in [-0.1, -0.05) is 42.5 Å². The Kier molecular flexibility index (Phi) is 5.15. The van der Waals surface area contributed by atoms with Crippen LogP contribution in [0.5, 0.6) is 5.75 Å². The highest BCUT2D eigenvalue weighted by Crippen LogP contribution is 2.40. The first-order valence-electron chi connectivity index (χ1n) is 9.63. The van der Waals surface area contributed by atoms with Gasteiger partial charge in [-0.05, 0) is 29.7 Å². The lowest BCUT2D eigenvalue weighted by Gasteiger charge is -2.37. The molecule has 2 fully saturated rings. The lowest BCUT2D eigenvalue weighted by atomic mass is 9.93. The van der Waals surface area contributed by atoms with Crippen LogP contribution in [0.2, 0.25) is 0 Å². The van der Waals surface area contributed by atoms with E-state index >= 15 is 0 Å². The number of hydrogen-bond acceptors (Lipinski definition) is 5. The van der Waals surface area contributed by atoms with Crippen molar-refractivity contribution in [2.75, 3.05) is 26.9 Å². The van der Waals surface area contributed by atoms with Crippen LogP contribution in [0.4, 0.5) is 4.79 Å². The number of hydrogen-bond donors (Lipinski definition) is 1. The largest absolute Gasteiger partial charge is 0.497 e. The first kappa shape index (κ1) is 19.3. The Labute approximate surface area is 169 Å². The Balaban J connectivity index is 1.59. The molecule has 0 saturated carbocycles. The summed E-state index contributed by atoms with van der Waals surface area (Å²) in [5.74, 6) is 0.493. The summed E-state index contributed by atoms with van der Waals surface area (Å²) in [5, 5.41) is 10.3. The molecule has 152 valence electrons. The van der Waals surface area contributed by atoms with Crippen molar-refractivity contribution in [1.82, 2.24) is 9.80 Å². The second kappa shape index (κ2) is 7.75. The molecule has 0 radical (unpaired) electrons. The average Bonchev–Trinajstić information content (AvgIpc) is 3.30. The fourth-order valence-electron chi connectivity index (χ4n) is 4.19. The number of cyclic esters (lactones) is 1. The van der Waals surface area contributed by atoms with Gasteiger partial charge in [0.25, 0.3) is 5.91 Å². The zero-order valence-corrected chi connectivity index (χ0v) is 16.3. The molecule has 0 unspecified atom stereocenters. The van der Waals surface area contributed by atoms with Crippen LogP contribution in [0.25, 0.3) is 0 Å². The summed E-state index contributed by atoms with van der Waals surface area (Å²) in [7, 11) is 1.60. The third-order valence-electron chi connectivity index (χ3n) is 5.79. The normalized spacial score (nSPS) is 24.1. The molecule has 2 aromatic rings. The number of benzene rings is 2. The van der Waals surface area contributed by atoms with Gasteiger partial charge in [0.15, 0.2) is 5.54 Å². The van der Waals surface area contributed by atoms with E-state index in [4.69, 9.17) is 9.47 Å². The van der Waals surface area contributed by atoms with Gasteiger partial charge in [0.1, 0.15) is 12.4 Å². The average molecular weight is 396 g/mol. The maximum absolute atomic E-state index is 13.4. The highest BCUT2D eigenvalue weighted by molar-refractivity contribution is 5.92. The van der Waals surface area contributed by atoms with Gasteiger partial charge in [0, 0.05) is 13.1 Å². The number of carbonyl (C=O) groups excluding carboxylic acids is 2. The first-order chi connectivity index (χ1) is 14.1. The van der Waals surface area contributed by atoms with Crippen LogP contribution in [0.15, 0.2) is 54.6 Å². The first-order valence-corrected chi connectivity index (χ1v) is 9.63. The van der Waals surface area contributed by atoms with Crippen molar-refractivity contribution < 1.29 is 24.2 Å². The lowest BCUT2D eigenvalue weighted by molar-refractivity contribution is -0.140. The summed E-state index contributed by atoms with van der Waals surface area (Å²) < 4.78 is 10.5. The molecule has 7 nitrogen and oxygen atoms in total. The second-order valence-electron chi connectivity index (χ2n) is 7.39. The topological polar surface area (TPSA) is 79.3 Å². The third kappa shape index (κ3) is 3.31. The Morgan fingerprint density at radius 1 is 1.14 bits per heavy atom. The quantitative estimate of drug-likeness (QED) is 0.811. The maximum atomic E-state index is 13.4. The molecule has 0 aliphatic carbocycles. The molecular weight excluding hydrogens is 372 g/mol. The Bertz CT molecular complexity index is 886. The second-order valence-corrected chi connectivity index (χ2v) is 7.39. The minimum atomic E-state index is -1.30. The number of ether oxygens (including phenoxy) is 2. The molecule has 2 heterocycles. The molecule has 2 aliphatic heterocycles. The molecule has 4 rings (SSSR count). The van der Waals surface area contributed by atoms with Gasteiger partial charge in [-0.2, -0.15) is 0 Å².